The Bertz CT molecular complexity index is 704. The Morgan fingerprint density at radius 1 is 1.06 bits per heavy atom. The first-order chi connectivity index (χ1) is 14.8. The molecule has 0 spiro atoms. The van der Waals surface area contributed by atoms with Crippen LogP contribution in [-0.4, -0.2) is 106 Å². The molecular formula is C21H30O10. The number of aliphatic hydroxyl groups excluding tert-OH is 5. The lowest BCUT2D eigenvalue weighted by molar-refractivity contribution is -0.309. The summed E-state index contributed by atoms with van der Waals surface area (Å²) in [7, 11) is 0. The van der Waals surface area contributed by atoms with Gasteiger partial charge in [-0.2, -0.15) is 0 Å². The fraction of sp³-hybridized carbons (Fsp3) is 0.714. The summed E-state index contributed by atoms with van der Waals surface area (Å²) in [6, 6.07) is 0. The van der Waals surface area contributed by atoms with Gasteiger partial charge in [0, 0.05) is 6.42 Å². The highest BCUT2D eigenvalue weighted by atomic mass is 16.7. The van der Waals surface area contributed by atoms with Gasteiger partial charge in [-0.1, -0.05) is 17.9 Å². The second-order valence-electron chi connectivity index (χ2n) is 7.28. The van der Waals surface area contributed by atoms with Crippen molar-refractivity contribution in [3.05, 3.63) is 12.2 Å². The molecule has 8 atom stereocenters. The standard InChI is InChI=1S/C21H30O10/c1-2-3-4-5-6-7-8-9-10-28-19-17(25)16(24)15(23)14(31-19)11-29-20-18(26)21(27,12-22)13-30-20/h2-3,14-20,22-27H,8-13H2,1H3/b3-2-/t14-,15-,16+,17-,18+,19-,20-,21-/m1/s1. The number of hydrogen-bond acceptors (Lipinski definition) is 10. The Labute approximate surface area is 181 Å². The molecule has 2 saturated heterocycles. The SMILES string of the molecule is C/C=C\C#CC#CCCCO[C@@H]1O[C@H](CO[C@@H]2OC[C@](O)(CO)[C@H]2O)[C@@H](O)[C@H](O)[C@H]1O. The maximum absolute atomic E-state index is 10.1. The molecule has 31 heavy (non-hydrogen) atoms. The van der Waals surface area contributed by atoms with Gasteiger partial charge in [-0.15, -0.1) is 0 Å². The van der Waals surface area contributed by atoms with Crippen LogP contribution in [0.4, 0.5) is 0 Å². The fourth-order valence-electron chi connectivity index (χ4n) is 2.94. The minimum absolute atomic E-state index is 0.184. The molecule has 2 aliphatic heterocycles. The second kappa shape index (κ2) is 12.5. The largest absolute Gasteiger partial charge is 0.393 e. The molecule has 6 N–H and O–H groups in total. The van der Waals surface area contributed by atoms with Crippen LogP contribution >= 0.6 is 0 Å². The highest BCUT2D eigenvalue weighted by Crippen LogP contribution is 2.27. The van der Waals surface area contributed by atoms with Crippen molar-refractivity contribution in [1.29, 1.82) is 0 Å². The summed E-state index contributed by atoms with van der Waals surface area (Å²) in [6.07, 6.45) is -5.04. The predicted molar refractivity (Wildman–Crippen MR) is 106 cm³/mol. The Balaban J connectivity index is 1.80. The van der Waals surface area contributed by atoms with E-state index in [-0.39, 0.29) is 19.8 Å². The number of hydrogen-bond donors (Lipinski definition) is 6. The minimum atomic E-state index is -1.85. The van der Waals surface area contributed by atoms with E-state index in [4.69, 9.17) is 24.1 Å². The molecule has 2 aliphatic rings. The topological polar surface area (TPSA) is 158 Å². The van der Waals surface area contributed by atoms with Crippen molar-refractivity contribution in [2.24, 2.45) is 0 Å². The van der Waals surface area contributed by atoms with Gasteiger partial charge in [-0.25, -0.2) is 0 Å². The number of rotatable bonds is 8. The summed E-state index contributed by atoms with van der Waals surface area (Å²) in [5.41, 5.74) is -1.85. The van der Waals surface area contributed by atoms with E-state index in [0.717, 1.165) is 0 Å². The summed E-state index contributed by atoms with van der Waals surface area (Å²) in [6.45, 7) is 0.661. The van der Waals surface area contributed by atoms with Gasteiger partial charge in [-0.3, -0.25) is 0 Å². The molecule has 0 unspecified atom stereocenters. The van der Waals surface area contributed by atoms with Crippen LogP contribution in [0.25, 0.3) is 0 Å². The summed E-state index contributed by atoms with van der Waals surface area (Å²) >= 11 is 0. The molecule has 0 aromatic carbocycles. The van der Waals surface area contributed by atoms with E-state index in [1.54, 1.807) is 12.2 Å². The molecule has 0 radical (unpaired) electrons. The van der Waals surface area contributed by atoms with Gasteiger partial charge in [0.25, 0.3) is 0 Å². The van der Waals surface area contributed by atoms with Crippen LogP contribution in [0.5, 0.6) is 0 Å². The summed E-state index contributed by atoms with van der Waals surface area (Å²) < 4.78 is 21.4. The molecule has 174 valence electrons. The van der Waals surface area contributed by atoms with E-state index < -0.39 is 55.3 Å². The van der Waals surface area contributed by atoms with Gasteiger partial charge in [0.2, 0.25) is 0 Å². The predicted octanol–water partition coefficient (Wildman–Crippen LogP) is -2.37. The van der Waals surface area contributed by atoms with E-state index in [2.05, 4.69) is 23.7 Å². The quantitative estimate of drug-likeness (QED) is 0.177. The number of ether oxygens (including phenoxy) is 4. The Hall–Kier alpha value is -1.54. The van der Waals surface area contributed by atoms with Crippen molar-refractivity contribution < 1.29 is 49.6 Å². The molecular weight excluding hydrogens is 412 g/mol. The van der Waals surface area contributed by atoms with E-state index >= 15 is 0 Å². The summed E-state index contributed by atoms with van der Waals surface area (Å²) in [5, 5.41) is 59.4. The van der Waals surface area contributed by atoms with Crippen LogP contribution in [0.1, 0.15) is 19.8 Å². The first kappa shape index (κ1) is 25.7. The zero-order valence-corrected chi connectivity index (χ0v) is 17.3. The molecule has 0 bridgehead atoms. The Kier molecular flexibility index (Phi) is 10.4. The average molecular weight is 442 g/mol. The molecule has 0 saturated carbocycles. The molecule has 0 aromatic rings. The molecule has 10 nitrogen and oxygen atoms in total. The maximum Gasteiger partial charge on any atom is 0.186 e. The van der Waals surface area contributed by atoms with Gasteiger partial charge >= 0.3 is 0 Å². The first-order valence-corrected chi connectivity index (χ1v) is 9.99. The van der Waals surface area contributed by atoms with Crippen LogP contribution in [0.2, 0.25) is 0 Å². The zero-order chi connectivity index (χ0) is 22.9. The normalized spacial score (nSPS) is 37.8. The smallest absolute Gasteiger partial charge is 0.186 e. The van der Waals surface area contributed by atoms with E-state index in [0.29, 0.717) is 12.8 Å². The van der Waals surface area contributed by atoms with Gasteiger partial charge < -0.3 is 49.6 Å². The van der Waals surface area contributed by atoms with Crippen LogP contribution in [0.3, 0.4) is 0 Å². The van der Waals surface area contributed by atoms with Gasteiger partial charge in [0.15, 0.2) is 12.6 Å². The highest BCUT2D eigenvalue weighted by Gasteiger charge is 2.50. The molecule has 10 heteroatoms. The molecule has 2 heterocycles. The third-order valence-electron chi connectivity index (χ3n) is 4.87. The number of aliphatic hydroxyl groups is 6. The van der Waals surface area contributed by atoms with Crippen LogP contribution in [0.15, 0.2) is 12.2 Å². The zero-order valence-electron chi connectivity index (χ0n) is 17.3. The van der Waals surface area contributed by atoms with Crippen molar-refractivity contribution in [3.63, 3.8) is 0 Å². The van der Waals surface area contributed by atoms with Crippen molar-refractivity contribution in [3.8, 4) is 23.7 Å². The van der Waals surface area contributed by atoms with E-state index in [1.807, 2.05) is 6.92 Å². The minimum Gasteiger partial charge on any atom is -0.393 e. The average Bonchev–Trinajstić information content (AvgIpc) is 3.06. The molecule has 0 aliphatic carbocycles. The lowest BCUT2D eigenvalue weighted by Crippen LogP contribution is -2.59. The molecule has 0 aromatic heterocycles. The first-order valence-electron chi connectivity index (χ1n) is 9.99. The fourth-order valence-corrected chi connectivity index (χ4v) is 2.94. The van der Waals surface area contributed by atoms with E-state index in [1.165, 1.54) is 0 Å². The van der Waals surface area contributed by atoms with Gasteiger partial charge in [0.05, 0.1) is 26.4 Å². The Morgan fingerprint density at radius 2 is 1.84 bits per heavy atom. The highest BCUT2D eigenvalue weighted by molar-refractivity contribution is 5.30. The maximum atomic E-state index is 10.1. The number of unbranched alkanes of at least 4 members (excludes halogenated alkanes) is 1. The van der Waals surface area contributed by atoms with Gasteiger partial charge in [-0.05, 0) is 31.3 Å². The molecule has 2 fully saturated rings. The van der Waals surface area contributed by atoms with Crippen LogP contribution in [0, 0.1) is 23.7 Å². The van der Waals surface area contributed by atoms with Crippen molar-refractivity contribution in [1.82, 2.24) is 0 Å². The molecule has 2 rings (SSSR count). The molecule has 0 amide bonds. The summed E-state index contributed by atoms with van der Waals surface area (Å²) in [5.74, 6) is 10.9. The van der Waals surface area contributed by atoms with Crippen molar-refractivity contribution in [2.75, 3.05) is 26.4 Å². The summed E-state index contributed by atoms with van der Waals surface area (Å²) in [4.78, 5) is 0. The van der Waals surface area contributed by atoms with Crippen molar-refractivity contribution >= 4 is 0 Å². The third kappa shape index (κ3) is 6.97. The second-order valence-corrected chi connectivity index (χ2v) is 7.28. The monoisotopic (exact) mass is 442 g/mol. The van der Waals surface area contributed by atoms with Crippen LogP contribution in [-0.2, 0) is 18.9 Å². The number of allylic oxidation sites excluding steroid dienone is 2. The van der Waals surface area contributed by atoms with Crippen molar-refractivity contribution in [2.45, 2.75) is 68.5 Å². The lowest BCUT2D eigenvalue weighted by atomic mass is 9.99. The Morgan fingerprint density at radius 3 is 2.52 bits per heavy atom. The van der Waals surface area contributed by atoms with E-state index in [9.17, 15) is 25.5 Å². The van der Waals surface area contributed by atoms with Gasteiger partial charge in [0.1, 0.15) is 36.1 Å². The van der Waals surface area contributed by atoms with Crippen LogP contribution < -0.4 is 0 Å². The third-order valence-corrected chi connectivity index (χ3v) is 4.87. The lowest BCUT2D eigenvalue weighted by Gasteiger charge is -2.40.